The van der Waals surface area contributed by atoms with Gasteiger partial charge in [0.2, 0.25) is 0 Å². The molecule has 0 spiro atoms. The summed E-state index contributed by atoms with van der Waals surface area (Å²) in [5, 5.41) is 0. The summed E-state index contributed by atoms with van der Waals surface area (Å²) in [7, 11) is 0. The van der Waals surface area contributed by atoms with E-state index in [0.29, 0.717) is 0 Å². The summed E-state index contributed by atoms with van der Waals surface area (Å²) in [5.41, 5.74) is 5.64. The number of nitrogens with one attached hydrogen (secondary N) is 1. The molecule has 34 heavy (non-hydrogen) atoms. The summed E-state index contributed by atoms with van der Waals surface area (Å²) in [6.45, 7) is 7.61. The first-order valence-electron chi connectivity index (χ1n) is 11.8. The Hall–Kier alpha value is -2.76. The maximum absolute atomic E-state index is 12.1. The van der Waals surface area contributed by atoms with Crippen LogP contribution in [0.2, 0.25) is 0 Å². The molecule has 0 aliphatic heterocycles. The average Bonchev–Trinajstić information content (AvgIpc) is 2.81. The van der Waals surface area contributed by atoms with E-state index < -0.39 is 5.60 Å². The standard InChI is InChI=1S/C29H33NO3S/c1-20-11-13-21(14-12-20)22-15-17-23(18-16-22)34-30-26-9-5-8-25-24(26)7-6-10-27(25)32-19-28(31)33-29(2,3)4/h6-7,10-18,26,30H,5,8-9,19H2,1-4H3. The molecule has 0 saturated heterocycles. The largest absolute Gasteiger partial charge is 0.482 e. The van der Waals surface area contributed by atoms with Crippen molar-refractivity contribution in [2.75, 3.05) is 6.61 Å². The van der Waals surface area contributed by atoms with Crippen molar-refractivity contribution >= 4 is 17.9 Å². The average molecular weight is 476 g/mol. The number of hydrogen-bond acceptors (Lipinski definition) is 5. The first kappa shape index (κ1) is 24.4. The van der Waals surface area contributed by atoms with E-state index in [-0.39, 0.29) is 18.6 Å². The van der Waals surface area contributed by atoms with E-state index in [9.17, 15) is 4.79 Å². The lowest BCUT2D eigenvalue weighted by Gasteiger charge is -2.27. The van der Waals surface area contributed by atoms with Crippen molar-refractivity contribution < 1.29 is 14.3 Å². The zero-order valence-corrected chi connectivity index (χ0v) is 21.2. The number of rotatable bonds is 7. The predicted molar refractivity (Wildman–Crippen MR) is 139 cm³/mol. The molecule has 0 bridgehead atoms. The van der Waals surface area contributed by atoms with Crippen LogP contribution in [0.5, 0.6) is 5.75 Å². The van der Waals surface area contributed by atoms with E-state index in [0.717, 1.165) is 25.0 Å². The third-order valence-corrected chi connectivity index (χ3v) is 6.70. The second-order valence-corrected chi connectivity index (χ2v) is 10.7. The number of benzene rings is 3. The number of fused-ring (bicyclic) bond motifs is 1. The number of carbonyl (C=O) groups excluding carboxylic acids is 1. The highest BCUT2D eigenvalue weighted by Crippen LogP contribution is 2.37. The summed E-state index contributed by atoms with van der Waals surface area (Å²) in [6.07, 6.45) is 3.09. The van der Waals surface area contributed by atoms with Gasteiger partial charge in [-0.15, -0.1) is 0 Å². The second-order valence-electron chi connectivity index (χ2n) is 9.75. The molecule has 0 saturated carbocycles. The lowest BCUT2D eigenvalue weighted by Crippen LogP contribution is -2.27. The Labute approximate surface area is 207 Å². The minimum absolute atomic E-state index is 0.0755. The van der Waals surface area contributed by atoms with Gasteiger partial charge in [-0.25, -0.2) is 4.79 Å². The van der Waals surface area contributed by atoms with Crippen LogP contribution >= 0.6 is 11.9 Å². The first-order chi connectivity index (χ1) is 16.3. The van der Waals surface area contributed by atoms with E-state index in [4.69, 9.17) is 9.47 Å². The second kappa shape index (κ2) is 10.7. The summed E-state index contributed by atoms with van der Waals surface area (Å²) < 4.78 is 14.9. The Balaban J connectivity index is 1.39. The zero-order valence-electron chi connectivity index (χ0n) is 20.4. The molecule has 0 aromatic heterocycles. The van der Waals surface area contributed by atoms with Gasteiger partial charge < -0.3 is 9.47 Å². The Bertz CT molecular complexity index is 1120. The van der Waals surface area contributed by atoms with Crippen molar-refractivity contribution in [3.8, 4) is 16.9 Å². The lowest BCUT2D eigenvalue weighted by atomic mass is 9.87. The topological polar surface area (TPSA) is 47.6 Å². The molecule has 5 heteroatoms. The molecule has 178 valence electrons. The molecule has 1 unspecified atom stereocenters. The van der Waals surface area contributed by atoms with Crippen LogP contribution in [0.15, 0.2) is 71.6 Å². The van der Waals surface area contributed by atoms with Gasteiger partial charge in [-0.05, 0) is 99.4 Å². The van der Waals surface area contributed by atoms with Gasteiger partial charge in [-0.3, -0.25) is 4.72 Å². The monoisotopic (exact) mass is 475 g/mol. The molecule has 1 N–H and O–H groups in total. The van der Waals surface area contributed by atoms with Crippen LogP contribution in [-0.4, -0.2) is 18.2 Å². The van der Waals surface area contributed by atoms with Gasteiger partial charge in [0.1, 0.15) is 11.4 Å². The Morgan fingerprint density at radius 3 is 2.35 bits per heavy atom. The van der Waals surface area contributed by atoms with Crippen LogP contribution in [0.3, 0.4) is 0 Å². The SMILES string of the molecule is Cc1ccc(-c2ccc(SNC3CCCc4c(OCC(=O)OC(C)(C)C)cccc43)cc2)cc1. The lowest BCUT2D eigenvalue weighted by molar-refractivity contribution is -0.157. The molecule has 1 aliphatic rings. The van der Waals surface area contributed by atoms with Gasteiger partial charge in [0, 0.05) is 10.9 Å². The number of ether oxygens (including phenoxy) is 2. The Kier molecular flexibility index (Phi) is 7.64. The number of aryl methyl sites for hydroxylation is 1. The molecule has 1 aliphatic carbocycles. The summed E-state index contributed by atoms with van der Waals surface area (Å²) in [5.74, 6) is 0.433. The summed E-state index contributed by atoms with van der Waals surface area (Å²) in [6, 6.07) is 23.6. The van der Waals surface area contributed by atoms with Crippen molar-refractivity contribution in [1.82, 2.24) is 4.72 Å². The predicted octanol–water partition coefficient (Wildman–Crippen LogP) is 7.06. The Morgan fingerprint density at radius 1 is 1.00 bits per heavy atom. The molecule has 3 aromatic rings. The highest BCUT2D eigenvalue weighted by Gasteiger charge is 2.24. The van der Waals surface area contributed by atoms with Crippen LogP contribution < -0.4 is 9.46 Å². The van der Waals surface area contributed by atoms with Crippen LogP contribution in [0.25, 0.3) is 11.1 Å². The van der Waals surface area contributed by atoms with Gasteiger partial charge in [-0.2, -0.15) is 0 Å². The van der Waals surface area contributed by atoms with Crippen molar-refractivity contribution in [2.45, 2.75) is 63.5 Å². The van der Waals surface area contributed by atoms with Gasteiger partial charge in [0.05, 0.1) is 0 Å². The van der Waals surface area contributed by atoms with Crippen LogP contribution in [0, 0.1) is 6.92 Å². The van der Waals surface area contributed by atoms with E-state index in [2.05, 4.69) is 66.2 Å². The summed E-state index contributed by atoms with van der Waals surface area (Å²) >= 11 is 1.66. The maximum atomic E-state index is 12.1. The van der Waals surface area contributed by atoms with Gasteiger partial charge >= 0.3 is 5.97 Å². The van der Waals surface area contributed by atoms with E-state index >= 15 is 0 Å². The first-order valence-corrected chi connectivity index (χ1v) is 12.7. The molecule has 4 nitrogen and oxygen atoms in total. The van der Waals surface area contributed by atoms with Crippen molar-refractivity contribution in [3.63, 3.8) is 0 Å². The van der Waals surface area contributed by atoms with Gasteiger partial charge in [0.15, 0.2) is 6.61 Å². The fraction of sp³-hybridized carbons (Fsp3) is 0.345. The van der Waals surface area contributed by atoms with Gasteiger partial charge in [0.25, 0.3) is 0 Å². The molecule has 0 amide bonds. The summed E-state index contributed by atoms with van der Waals surface area (Å²) in [4.78, 5) is 13.3. The minimum Gasteiger partial charge on any atom is -0.482 e. The minimum atomic E-state index is -0.513. The quantitative estimate of drug-likeness (QED) is 0.293. The van der Waals surface area contributed by atoms with Gasteiger partial charge in [-0.1, -0.05) is 54.1 Å². The van der Waals surface area contributed by atoms with Crippen LogP contribution in [-0.2, 0) is 16.0 Å². The fourth-order valence-corrected chi connectivity index (χ4v) is 4.98. The molecular formula is C29H33NO3S. The molecule has 0 heterocycles. The third kappa shape index (κ3) is 6.43. The van der Waals surface area contributed by atoms with Crippen molar-refractivity contribution in [1.29, 1.82) is 0 Å². The highest BCUT2D eigenvalue weighted by atomic mass is 32.2. The molecule has 0 radical (unpaired) electrons. The molecule has 0 fully saturated rings. The van der Waals surface area contributed by atoms with E-state index in [1.54, 1.807) is 11.9 Å². The zero-order chi connectivity index (χ0) is 24.1. The third-order valence-electron chi connectivity index (χ3n) is 5.79. The molecule has 1 atom stereocenters. The maximum Gasteiger partial charge on any atom is 0.344 e. The van der Waals surface area contributed by atoms with E-state index in [1.165, 1.54) is 32.7 Å². The van der Waals surface area contributed by atoms with Crippen molar-refractivity contribution in [2.24, 2.45) is 0 Å². The van der Waals surface area contributed by atoms with Crippen LogP contribution in [0.1, 0.15) is 56.3 Å². The van der Waals surface area contributed by atoms with Crippen molar-refractivity contribution in [3.05, 3.63) is 83.4 Å². The van der Waals surface area contributed by atoms with E-state index in [1.807, 2.05) is 32.9 Å². The smallest absolute Gasteiger partial charge is 0.344 e. The Morgan fingerprint density at radius 2 is 1.68 bits per heavy atom. The molecule has 4 rings (SSSR count). The molecule has 3 aromatic carbocycles. The fourth-order valence-electron chi connectivity index (χ4n) is 4.18. The normalized spacial score (nSPS) is 15.5. The number of carbonyl (C=O) groups is 1. The molecular weight excluding hydrogens is 442 g/mol. The number of esters is 1. The van der Waals surface area contributed by atoms with Crippen LogP contribution in [0.4, 0.5) is 0 Å². The number of hydrogen-bond donors (Lipinski definition) is 1. The highest BCUT2D eigenvalue weighted by molar-refractivity contribution is 7.97.